The molecule has 0 aromatic carbocycles. The van der Waals surface area contributed by atoms with Gasteiger partial charge in [-0.25, -0.2) is 9.97 Å². The minimum Gasteiger partial charge on any atom is -0.472 e. The van der Waals surface area contributed by atoms with E-state index >= 15 is 0 Å². The quantitative estimate of drug-likeness (QED) is 0.842. The maximum atomic E-state index is 6.06. The summed E-state index contributed by atoms with van der Waals surface area (Å²) in [5.74, 6) is 0.693. The first-order valence-corrected chi connectivity index (χ1v) is 8.07. The number of nitrogens with zero attached hydrogens (tertiary/aromatic N) is 3. The minimum absolute atomic E-state index is 0.234. The molecule has 20 heavy (non-hydrogen) atoms. The van der Waals surface area contributed by atoms with Crippen molar-refractivity contribution in [2.45, 2.75) is 46.6 Å². The van der Waals surface area contributed by atoms with Crippen LogP contribution >= 0.6 is 15.9 Å². The highest BCUT2D eigenvalue weighted by molar-refractivity contribution is 9.10. The second-order valence-corrected chi connectivity index (χ2v) is 7.43. The van der Waals surface area contributed by atoms with Crippen LogP contribution in [-0.4, -0.2) is 40.6 Å². The van der Waals surface area contributed by atoms with Crippen LogP contribution in [0.3, 0.4) is 0 Å². The fourth-order valence-electron chi connectivity index (χ4n) is 2.59. The van der Waals surface area contributed by atoms with Gasteiger partial charge in [0, 0.05) is 19.6 Å². The van der Waals surface area contributed by atoms with Gasteiger partial charge in [-0.15, -0.1) is 0 Å². The van der Waals surface area contributed by atoms with E-state index in [2.05, 4.69) is 58.5 Å². The Morgan fingerprint density at radius 3 is 2.85 bits per heavy atom. The number of likely N-dealkylation sites (tertiary alicyclic amines) is 1. The predicted molar refractivity (Wildman–Crippen MR) is 84.0 cm³/mol. The van der Waals surface area contributed by atoms with Crippen molar-refractivity contribution in [3.05, 3.63) is 16.5 Å². The molecule has 1 aromatic heterocycles. The third kappa shape index (κ3) is 4.42. The van der Waals surface area contributed by atoms with Crippen LogP contribution in [0.4, 0.5) is 0 Å². The molecule has 2 rings (SSSR count). The van der Waals surface area contributed by atoms with E-state index in [4.69, 9.17) is 4.74 Å². The molecule has 1 aromatic rings. The first-order chi connectivity index (χ1) is 9.37. The van der Waals surface area contributed by atoms with Gasteiger partial charge >= 0.3 is 0 Å². The van der Waals surface area contributed by atoms with Crippen LogP contribution in [0.5, 0.6) is 5.88 Å². The van der Waals surface area contributed by atoms with Gasteiger partial charge < -0.3 is 4.74 Å². The number of aryl methyl sites for hydroxylation is 1. The molecule has 0 aliphatic carbocycles. The zero-order valence-corrected chi connectivity index (χ0v) is 14.4. The second-order valence-electron chi connectivity index (χ2n) is 6.62. The lowest BCUT2D eigenvalue weighted by Crippen LogP contribution is -2.32. The molecule has 1 aliphatic rings. The summed E-state index contributed by atoms with van der Waals surface area (Å²) in [5, 5.41) is 0. The van der Waals surface area contributed by atoms with Gasteiger partial charge in [-0.3, -0.25) is 4.90 Å². The van der Waals surface area contributed by atoms with Crippen LogP contribution in [0, 0.1) is 5.41 Å². The van der Waals surface area contributed by atoms with Gasteiger partial charge in [-0.05, 0) is 34.2 Å². The van der Waals surface area contributed by atoms with E-state index in [1.165, 1.54) is 0 Å². The molecule has 4 nitrogen and oxygen atoms in total. The minimum atomic E-state index is 0.234. The summed E-state index contributed by atoms with van der Waals surface area (Å²) in [6.45, 7) is 12.1. The molecule has 2 heterocycles. The van der Waals surface area contributed by atoms with E-state index < -0.39 is 0 Å². The monoisotopic (exact) mass is 341 g/mol. The van der Waals surface area contributed by atoms with Crippen molar-refractivity contribution in [1.29, 1.82) is 0 Å². The number of rotatable bonds is 4. The summed E-state index contributed by atoms with van der Waals surface area (Å²) >= 11 is 3.35. The van der Waals surface area contributed by atoms with Crippen molar-refractivity contribution in [3.8, 4) is 5.88 Å². The maximum absolute atomic E-state index is 6.06. The summed E-state index contributed by atoms with van der Waals surface area (Å²) in [6.07, 6.45) is 3.84. The third-order valence-electron chi connectivity index (χ3n) is 3.32. The number of ether oxygens (including phenoxy) is 1. The maximum Gasteiger partial charge on any atom is 0.236 e. The molecule has 1 saturated heterocycles. The first kappa shape index (κ1) is 15.7. The lowest BCUT2D eigenvalue weighted by molar-refractivity contribution is 0.170. The van der Waals surface area contributed by atoms with E-state index in [0.717, 1.165) is 42.8 Å². The highest BCUT2D eigenvalue weighted by Crippen LogP contribution is 2.23. The van der Waals surface area contributed by atoms with Crippen LogP contribution in [0.1, 0.15) is 39.8 Å². The van der Waals surface area contributed by atoms with Crippen molar-refractivity contribution < 1.29 is 4.74 Å². The molecule has 0 bridgehead atoms. The Bertz CT molecular complexity index is 459. The van der Waals surface area contributed by atoms with E-state index in [-0.39, 0.29) is 6.10 Å². The average molecular weight is 342 g/mol. The highest BCUT2D eigenvalue weighted by atomic mass is 79.9. The Morgan fingerprint density at radius 1 is 1.45 bits per heavy atom. The molecule has 112 valence electrons. The SMILES string of the molecule is CCc1nc(Br)cnc1OC1CCN(CC(C)(C)C)C1. The molecule has 1 unspecified atom stereocenters. The molecule has 1 aliphatic heterocycles. The van der Waals surface area contributed by atoms with Gasteiger partial charge in [0.15, 0.2) is 0 Å². The molecule has 1 fully saturated rings. The van der Waals surface area contributed by atoms with Crippen LogP contribution in [0.2, 0.25) is 0 Å². The van der Waals surface area contributed by atoms with Gasteiger partial charge in [-0.1, -0.05) is 27.7 Å². The summed E-state index contributed by atoms with van der Waals surface area (Å²) < 4.78 is 6.83. The van der Waals surface area contributed by atoms with E-state index in [1.807, 2.05) is 0 Å². The Balaban J connectivity index is 1.95. The van der Waals surface area contributed by atoms with Crippen molar-refractivity contribution in [1.82, 2.24) is 14.9 Å². The Morgan fingerprint density at radius 2 is 2.20 bits per heavy atom. The van der Waals surface area contributed by atoms with Crippen molar-refractivity contribution in [2.24, 2.45) is 5.41 Å². The number of hydrogen-bond donors (Lipinski definition) is 0. The largest absolute Gasteiger partial charge is 0.472 e. The van der Waals surface area contributed by atoms with E-state index in [1.54, 1.807) is 6.20 Å². The van der Waals surface area contributed by atoms with Gasteiger partial charge in [0.05, 0.1) is 6.20 Å². The molecule has 0 radical (unpaired) electrons. The number of aromatic nitrogens is 2. The van der Waals surface area contributed by atoms with E-state index in [9.17, 15) is 0 Å². The normalized spacial score (nSPS) is 20.4. The summed E-state index contributed by atoms with van der Waals surface area (Å²) in [4.78, 5) is 11.3. The summed E-state index contributed by atoms with van der Waals surface area (Å²) in [7, 11) is 0. The molecule has 1 atom stereocenters. The molecule has 0 amide bonds. The topological polar surface area (TPSA) is 38.3 Å². The zero-order chi connectivity index (χ0) is 14.8. The molecular formula is C15H24BrN3O. The zero-order valence-electron chi connectivity index (χ0n) is 12.8. The van der Waals surface area contributed by atoms with E-state index in [0.29, 0.717) is 11.3 Å². The van der Waals surface area contributed by atoms with Gasteiger partial charge in [-0.2, -0.15) is 0 Å². The Hall–Kier alpha value is -0.680. The van der Waals surface area contributed by atoms with Crippen molar-refractivity contribution in [3.63, 3.8) is 0 Å². The Labute approximate surface area is 130 Å². The van der Waals surface area contributed by atoms with Crippen LogP contribution < -0.4 is 4.74 Å². The number of halogens is 1. The van der Waals surface area contributed by atoms with Crippen LogP contribution in [0.15, 0.2) is 10.8 Å². The van der Waals surface area contributed by atoms with Gasteiger partial charge in [0.25, 0.3) is 0 Å². The van der Waals surface area contributed by atoms with Gasteiger partial charge in [0.2, 0.25) is 5.88 Å². The lowest BCUT2D eigenvalue weighted by Gasteiger charge is -2.26. The van der Waals surface area contributed by atoms with Crippen LogP contribution in [0.25, 0.3) is 0 Å². The van der Waals surface area contributed by atoms with Crippen molar-refractivity contribution >= 4 is 15.9 Å². The fourth-order valence-corrected chi connectivity index (χ4v) is 2.90. The van der Waals surface area contributed by atoms with Gasteiger partial charge in [0.1, 0.15) is 16.4 Å². The fraction of sp³-hybridized carbons (Fsp3) is 0.733. The summed E-state index contributed by atoms with van der Waals surface area (Å²) in [6, 6.07) is 0. The lowest BCUT2D eigenvalue weighted by atomic mass is 9.96. The molecule has 0 spiro atoms. The van der Waals surface area contributed by atoms with Crippen molar-refractivity contribution in [2.75, 3.05) is 19.6 Å². The Kier molecular flexibility index (Phi) is 5.02. The highest BCUT2D eigenvalue weighted by Gasteiger charge is 2.27. The number of hydrogen-bond acceptors (Lipinski definition) is 4. The molecule has 0 saturated carbocycles. The third-order valence-corrected chi connectivity index (χ3v) is 3.70. The molecular weight excluding hydrogens is 318 g/mol. The average Bonchev–Trinajstić information content (AvgIpc) is 2.76. The smallest absolute Gasteiger partial charge is 0.236 e. The second kappa shape index (κ2) is 6.39. The van der Waals surface area contributed by atoms with Crippen LogP contribution in [-0.2, 0) is 6.42 Å². The predicted octanol–water partition coefficient (Wildman–Crippen LogP) is 3.30. The summed E-state index contributed by atoms with van der Waals surface area (Å²) in [5.41, 5.74) is 1.26. The standard InChI is InChI=1S/C15H24BrN3O/c1-5-12-14(17-8-13(16)18-12)20-11-6-7-19(9-11)10-15(2,3)4/h8,11H,5-7,9-10H2,1-4H3. The first-order valence-electron chi connectivity index (χ1n) is 7.28. The molecule has 0 N–H and O–H groups in total. The molecule has 5 heteroatoms.